The number of carbonyl (C=O) groups excluding carboxylic acids is 1. The van der Waals surface area contributed by atoms with Gasteiger partial charge in [0.15, 0.2) is 0 Å². The van der Waals surface area contributed by atoms with E-state index in [1.54, 1.807) is 12.1 Å². The van der Waals surface area contributed by atoms with Gasteiger partial charge in [0, 0.05) is 12.8 Å². The fraction of sp³-hybridized carbons (Fsp3) is 0.364. The standard InChI is InChI=1S/C11H10Cl2O2/c12-9-2-1-7(5-10(9)13)11-6-8(14)3-4-15-11/h1-2,5,11H,3-4,6H2. The zero-order valence-corrected chi connectivity index (χ0v) is 9.52. The molecule has 0 N–H and O–H groups in total. The van der Waals surface area contributed by atoms with E-state index in [2.05, 4.69) is 0 Å². The molecule has 1 unspecified atom stereocenters. The number of carbonyl (C=O) groups is 1. The largest absolute Gasteiger partial charge is 0.373 e. The van der Waals surface area contributed by atoms with Crippen LogP contribution >= 0.6 is 23.2 Å². The molecule has 1 saturated heterocycles. The van der Waals surface area contributed by atoms with Crippen LogP contribution in [0.2, 0.25) is 10.0 Å². The van der Waals surface area contributed by atoms with Gasteiger partial charge in [0.2, 0.25) is 0 Å². The monoisotopic (exact) mass is 244 g/mol. The summed E-state index contributed by atoms with van der Waals surface area (Å²) in [4.78, 5) is 11.3. The maximum absolute atomic E-state index is 11.3. The molecule has 1 aliphatic rings. The molecule has 0 spiro atoms. The highest BCUT2D eigenvalue weighted by molar-refractivity contribution is 6.42. The lowest BCUT2D eigenvalue weighted by molar-refractivity contribution is -0.128. The summed E-state index contributed by atoms with van der Waals surface area (Å²) in [7, 11) is 0. The normalized spacial score (nSPS) is 21.7. The molecule has 0 aromatic heterocycles. The molecule has 0 radical (unpaired) electrons. The first-order valence-corrected chi connectivity index (χ1v) is 5.50. The lowest BCUT2D eigenvalue weighted by Gasteiger charge is -2.22. The SMILES string of the molecule is O=C1CCOC(c2ccc(Cl)c(Cl)c2)C1. The van der Waals surface area contributed by atoms with E-state index in [0.29, 0.717) is 29.5 Å². The van der Waals surface area contributed by atoms with E-state index < -0.39 is 0 Å². The summed E-state index contributed by atoms with van der Waals surface area (Å²) in [6.07, 6.45) is 0.775. The Kier molecular flexibility index (Phi) is 3.29. The summed E-state index contributed by atoms with van der Waals surface area (Å²) in [5, 5.41) is 1.01. The molecule has 1 heterocycles. The second-order valence-corrected chi connectivity index (χ2v) is 4.34. The minimum Gasteiger partial charge on any atom is -0.373 e. The van der Waals surface area contributed by atoms with Gasteiger partial charge in [-0.25, -0.2) is 0 Å². The maximum Gasteiger partial charge on any atom is 0.138 e. The number of benzene rings is 1. The van der Waals surface area contributed by atoms with E-state index in [1.807, 2.05) is 6.07 Å². The minimum atomic E-state index is -0.166. The van der Waals surface area contributed by atoms with Crippen LogP contribution in [0.1, 0.15) is 24.5 Å². The van der Waals surface area contributed by atoms with Crippen LogP contribution in [-0.2, 0) is 9.53 Å². The Labute approximate surface area is 98.1 Å². The molecule has 2 nitrogen and oxygen atoms in total. The second kappa shape index (κ2) is 4.52. The first-order valence-electron chi connectivity index (χ1n) is 4.75. The van der Waals surface area contributed by atoms with Crippen LogP contribution in [0.3, 0.4) is 0 Å². The van der Waals surface area contributed by atoms with Crippen LogP contribution in [0, 0.1) is 0 Å². The van der Waals surface area contributed by atoms with Crippen LogP contribution < -0.4 is 0 Å². The summed E-state index contributed by atoms with van der Waals surface area (Å²) in [5.74, 6) is 0.234. The summed E-state index contributed by atoms with van der Waals surface area (Å²) >= 11 is 11.7. The highest BCUT2D eigenvalue weighted by atomic mass is 35.5. The van der Waals surface area contributed by atoms with Crippen molar-refractivity contribution in [3.05, 3.63) is 33.8 Å². The van der Waals surface area contributed by atoms with Crippen LogP contribution in [0.5, 0.6) is 0 Å². The molecular weight excluding hydrogens is 235 g/mol. The first kappa shape index (κ1) is 10.9. The second-order valence-electron chi connectivity index (χ2n) is 3.53. The number of ketones is 1. The van der Waals surface area contributed by atoms with E-state index in [9.17, 15) is 4.79 Å². The smallest absolute Gasteiger partial charge is 0.138 e. The Morgan fingerprint density at radius 1 is 1.27 bits per heavy atom. The van der Waals surface area contributed by atoms with E-state index >= 15 is 0 Å². The molecule has 1 aromatic carbocycles. The van der Waals surface area contributed by atoms with Gasteiger partial charge in [-0.15, -0.1) is 0 Å². The summed E-state index contributed by atoms with van der Waals surface area (Å²) in [6, 6.07) is 5.33. The number of Topliss-reactive ketones (excluding diaryl/α,β-unsaturated/α-hetero) is 1. The van der Waals surface area contributed by atoms with Crippen molar-refractivity contribution in [2.75, 3.05) is 6.61 Å². The van der Waals surface area contributed by atoms with Crippen molar-refractivity contribution in [3.8, 4) is 0 Å². The van der Waals surface area contributed by atoms with Crippen molar-refractivity contribution in [1.29, 1.82) is 0 Å². The van der Waals surface area contributed by atoms with Crippen LogP contribution in [-0.4, -0.2) is 12.4 Å². The van der Waals surface area contributed by atoms with Crippen LogP contribution in [0.25, 0.3) is 0 Å². The molecule has 0 aliphatic carbocycles. The molecule has 0 saturated carbocycles. The summed E-state index contributed by atoms with van der Waals surface area (Å²) < 4.78 is 5.51. The zero-order chi connectivity index (χ0) is 10.8. The summed E-state index contributed by atoms with van der Waals surface area (Å²) in [5.41, 5.74) is 0.914. The first-order chi connectivity index (χ1) is 7.16. The number of halogens is 2. The van der Waals surface area contributed by atoms with Crippen molar-refractivity contribution >= 4 is 29.0 Å². The molecule has 1 atom stereocenters. The lowest BCUT2D eigenvalue weighted by Crippen LogP contribution is -2.19. The molecule has 1 aromatic rings. The van der Waals surface area contributed by atoms with E-state index in [0.717, 1.165) is 5.56 Å². The fourth-order valence-corrected chi connectivity index (χ4v) is 1.92. The molecular formula is C11H10Cl2O2. The van der Waals surface area contributed by atoms with Gasteiger partial charge in [-0.2, -0.15) is 0 Å². The van der Waals surface area contributed by atoms with Crippen LogP contribution in [0.4, 0.5) is 0 Å². The number of ether oxygens (including phenoxy) is 1. The third kappa shape index (κ3) is 2.51. The third-order valence-corrected chi connectivity index (χ3v) is 3.17. The van der Waals surface area contributed by atoms with Gasteiger partial charge in [-0.05, 0) is 17.7 Å². The summed E-state index contributed by atoms with van der Waals surface area (Å²) in [6.45, 7) is 0.490. The Morgan fingerprint density at radius 2 is 2.07 bits per heavy atom. The van der Waals surface area contributed by atoms with Gasteiger partial charge in [-0.1, -0.05) is 29.3 Å². The molecule has 0 amide bonds. The topological polar surface area (TPSA) is 26.3 Å². The van der Waals surface area contributed by atoms with Gasteiger partial charge in [-0.3, -0.25) is 4.79 Å². The van der Waals surface area contributed by atoms with Crippen molar-refractivity contribution in [3.63, 3.8) is 0 Å². The highest BCUT2D eigenvalue weighted by Gasteiger charge is 2.21. The molecule has 0 bridgehead atoms. The molecule has 1 aliphatic heterocycles. The Hall–Kier alpha value is -0.570. The molecule has 1 fully saturated rings. The molecule has 15 heavy (non-hydrogen) atoms. The highest BCUT2D eigenvalue weighted by Crippen LogP contribution is 2.30. The predicted molar refractivity (Wildman–Crippen MR) is 59.4 cm³/mol. The van der Waals surface area contributed by atoms with E-state index in [1.165, 1.54) is 0 Å². The van der Waals surface area contributed by atoms with Gasteiger partial charge in [0.05, 0.1) is 22.8 Å². The number of hydrogen-bond donors (Lipinski definition) is 0. The average molecular weight is 245 g/mol. The minimum absolute atomic E-state index is 0.166. The fourth-order valence-electron chi connectivity index (χ4n) is 1.61. The third-order valence-electron chi connectivity index (χ3n) is 2.43. The van der Waals surface area contributed by atoms with E-state index in [4.69, 9.17) is 27.9 Å². The lowest BCUT2D eigenvalue weighted by atomic mass is 10.0. The average Bonchev–Trinajstić information content (AvgIpc) is 2.22. The molecule has 2 rings (SSSR count). The van der Waals surface area contributed by atoms with Gasteiger partial charge >= 0.3 is 0 Å². The maximum atomic E-state index is 11.3. The van der Waals surface area contributed by atoms with Crippen LogP contribution in [0.15, 0.2) is 18.2 Å². The number of rotatable bonds is 1. The molecule has 80 valence electrons. The Bertz CT molecular complexity index is 390. The van der Waals surface area contributed by atoms with Crippen molar-refractivity contribution in [2.45, 2.75) is 18.9 Å². The number of hydrogen-bond acceptors (Lipinski definition) is 2. The zero-order valence-electron chi connectivity index (χ0n) is 8.00. The van der Waals surface area contributed by atoms with Gasteiger partial charge in [0.1, 0.15) is 5.78 Å². The van der Waals surface area contributed by atoms with Gasteiger partial charge < -0.3 is 4.74 Å². The predicted octanol–water partition coefficient (Wildman–Crippen LogP) is 3.41. The van der Waals surface area contributed by atoms with Crippen molar-refractivity contribution < 1.29 is 9.53 Å². The van der Waals surface area contributed by atoms with E-state index in [-0.39, 0.29) is 11.9 Å². The Morgan fingerprint density at radius 3 is 2.73 bits per heavy atom. The Balaban J connectivity index is 2.21. The van der Waals surface area contributed by atoms with Crippen molar-refractivity contribution in [1.82, 2.24) is 0 Å². The van der Waals surface area contributed by atoms with Crippen molar-refractivity contribution in [2.24, 2.45) is 0 Å². The quantitative estimate of drug-likeness (QED) is 0.757. The molecule has 4 heteroatoms. The van der Waals surface area contributed by atoms with Gasteiger partial charge in [0.25, 0.3) is 0 Å².